The lowest BCUT2D eigenvalue weighted by molar-refractivity contribution is 0.581. The van der Waals surface area contributed by atoms with Crippen LogP contribution in [-0.4, -0.2) is 13.4 Å². The van der Waals surface area contributed by atoms with E-state index in [1.54, 1.807) is 30.6 Å². The fourth-order valence-electron chi connectivity index (χ4n) is 1.74. The largest absolute Gasteiger partial charge is 0.398 e. The zero-order valence-corrected chi connectivity index (χ0v) is 12.2. The second kappa shape index (κ2) is 5.60. The van der Waals surface area contributed by atoms with E-state index in [1.165, 1.54) is 6.07 Å². The molecule has 0 saturated carbocycles. The monoisotopic (exact) mass is 291 g/mol. The number of aryl methyl sites for hydroxylation is 2. The molecule has 1 aromatic heterocycles. The Hall–Kier alpha value is -1.92. The van der Waals surface area contributed by atoms with Crippen molar-refractivity contribution in [1.82, 2.24) is 9.71 Å². The van der Waals surface area contributed by atoms with Gasteiger partial charge in [-0.05, 0) is 48.7 Å². The van der Waals surface area contributed by atoms with E-state index in [1.807, 2.05) is 13.8 Å². The molecule has 0 unspecified atom stereocenters. The van der Waals surface area contributed by atoms with E-state index in [0.29, 0.717) is 5.69 Å². The zero-order chi connectivity index (χ0) is 14.8. The quantitative estimate of drug-likeness (QED) is 0.841. The summed E-state index contributed by atoms with van der Waals surface area (Å²) in [7, 11) is -3.56. The summed E-state index contributed by atoms with van der Waals surface area (Å²) in [5.74, 6) is 0. The van der Waals surface area contributed by atoms with Crippen molar-refractivity contribution in [1.29, 1.82) is 0 Å². The fraction of sp³-hybridized carbons (Fsp3) is 0.214. The molecule has 0 atom stereocenters. The summed E-state index contributed by atoms with van der Waals surface area (Å²) in [6.07, 6.45) is 3.34. The number of pyridine rings is 1. The zero-order valence-electron chi connectivity index (χ0n) is 11.4. The third-order valence-electron chi connectivity index (χ3n) is 3.15. The van der Waals surface area contributed by atoms with Crippen molar-refractivity contribution in [2.45, 2.75) is 25.3 Å². The Morgan fingerprint density at radius 2 is 1.95 bits per heavy atom. The van der Waals surface area contributed by atoms with E-state index in [4.69, 9.17) is 5.73 Å². The number of hydrogen-bond acceptors (Lipinski definition) is 4. The van der Waals surface area contributed by atoms with Crippen LogP contribution in [0.4, 0.5) is 5.69 Å². The van der Waals surface area contributed by atoms with Gasteiger partial charge in [-0.25, -0.2) is 13.1 Å². The van der Waals surface area contributed by atoms with Crippen LogP contribution in [0, 0.1) is 13.8 Å². The first-order chi connectivity index (χ1) is 9.40. The first kappa shape index (κ1) is 14.5. The van der Waals surface area contributed by atoms with Gasteiger partial charge in [0.25, 0.3) is 0 Å². The molecule has 0 aliphatic rings. The number of benzene rings is 1. The Kier molecular flexibility index (Phi) is 4.06. The molecule has 0 saturated heterocycles. The van der Waals surface area contributed by atoms with Gasteiger partial charge >= 0.3 is 0 Å². The molecule has 20 heavy (non-hydrogen) atoms. The van der Waals surface area contributed by atoms with Gasteiger partial charge in [-0.1, -0.05) is 6.07 Å². The highest BCUT2D eigenvalue weighted by Gasteiger charge is 2.14. The number of rotatable bonds is 4. The standard InChI is InChI=1S/C14H17N3O2S/c1-10-3-4-13(7-14(10)15)20(18,19)17-9-12-5-6-16-8-11(12)2/h3-8,17H,9,15H2,1-2H3. The maximum absolute atomic E-state index is 12.2. The maximum Gasteiger partial charge on any atom is 0.240 e. The summed E-state index contributed by atoms with van der Waals surface area (Å²) < 4.78 is 27.0. The van der Waals surface area contributed by atoms with Crippen LogP contribution in [0.1, 0.15) is 16.7 Å². The van der Waals surface area contributed by atoms with Crippen LogP contribution in [-0.2, 0) is 16.6 Å². The Morgan fingerprint density at radius 1 is 1.20 bits per heavy atom. The highest BCUT2D eigenvalue weighted by Crippen LogP contribution is 2.17. The number of aromatic nitrogens is 1. The van der Waals surface area contributed by atoms with Crippen molar-refractivity contribution >= 4 is 15.7 Å². The molecule has 0 aliphatic heterocycles. The summed E-state index contributed by atoms with van der Waals surface area (Å²) >= 11 is 0. The van der Waals surface area contributed by atoms with Crippen LogP contribution in [0.3, 0.4) is 0 Å². The summed E-state index contributed by atoms with van der Waals surface area (Å²) in [4.78, 5) is 4.15. The lowest BCUT2D eigenvalue weighted by Crippen LogP contribution is -2.23. The van der Waals surface area contributed by atoms with E-state index in [0.717, 1.165) is 16.7 Å². The van der Waals surface area contributed by atoms with Gasteiger partial charge in [-0.15, -0.1) is 0 Å². The molecule has 2 rings (SSSR count). The molecule has 0 fully saturated rings. The minimum Gasteiger partial charge on any atom is -0.398 e. The Balaban J connectivity index is 2.19. The molecule has 0 aliphatic carbocycles. The van der Waals surface area contributed by atoms with Crippen molar-refractivity contribution in [3.05, 3.63) is 53.3 Å². The van der Waals surface area contributed by atoms with Crippen LogP contribution >= 0.6 is 0 Å². The topological polar surface area (TPSA) is 85.1 Å². The fourth-order valence-corrected chi connectivity index (χ4v) is 2.78. The molecule has 0 bridgehead atoms. The smallest absolute Gasteiger partial charge is 0.240 e. The molecule has 3 N–H and O–H groups in total. The highest BCUT2D eigenvalue weighted by molar-refractivity contribution is 7.89. The molecule has 6 heteroatoms. The third-order valence-corrected chi connectivity index (χ3v) is 4.55. The van der Waals surface area contributed by atoms with Gasteiger partial charge in [-0.2, -0.15) is 0 Å². The minimum atomic E-state index is -3.56. The average molecular weight is 291 g/mol. The number of sulfonamides is 1. The van der Waals surface area contributed by atoms with Crippen LogP contribution < -0.4 is 10.5 Å². The third kappa shape index (κ3) is 3.15. The molecule has 1 heterocycles. The molecular weight excluding hydrogens is 274 g/mol. The Labute approximate surface area is 118 Å². The van der Waals surface area contributed by atoms with Crippen molar-refractivity contribution in [3.63, 3.8) is 0 Å². The first-order valence-electron chi connectivity index (χ1n) is 6.15. The normalized spacial score (nSPS) is 11.5. The van der Waals surface area contributed by atoms with Crippen LogP contribution in [0.5, 0.6) is 0 Å². The molecular formula is C14H17N3O2S. The first-order valence-corrected chi connectivity index (χ1v) is 7.64. The Morgan fingerprint density at radius 3 is 2.60 bits per heavy atom. The van der Waals surface area contributed by atoms with Gasteiger partial charge in [0.1, 0.15) is 0 Å². The Bertz CT molecular complexity index is 727. The number of nitrogens with zero attached hydrogens (tertiary/aromatic N) is 1. The van der Waals surface area contributed by atoms with E-state index in [9.17, 15) is 8.42 Å². The predicted molar refractivity (Wildman–Crippen MR) is 78.6 cm³/mol. The summed E-state index contributed by atoms with van der Waals surface area (Å²) in [6, 6.07) is 6.51. The lowest BCUT2D eigenvalue weighted by Gasteiger charge is -2.10. The molecule has 5 nitrogen and oxygen atoms in total. The summed E-state index contributed by atoms with van der Waals surface area (Å²) in [5, 5.41) is 0. The van der Waals surface area contributed by atoms with Crippen LogP contribution in [0.15, 0.2) is 41.6 Å². The van der Waals surface area contributed by atoms with Crippen LogP contribution in [0.2, 0.25) is 0 Å². The van der Waals surface area contributed by atoms with Gasteiger partial charge in [-0.3, -0.25) is 4.98 Å². The van der Waals surface area contributed by atoms with E-state index >= 15 is 0 Å². The molecule has 0 spiro atoms. The number of nitrogen functional groups attached to an aromatic ring is 1. The molecule has 2 aromatic rings. The molecule has 1 aromatic carbocycles. The number of nitrogens with one attached hydrogen (secondary N) is 1. The molecule has 106 valence electrons. The van der Waals surface area contributed by atoms with Gasteiger partial charge in [0.15, 0.2) is 0 Å². The van der Waals surface area contributed by atoms with Crippen molar-refractivity contribution in [2.75, 3.05) is 5.73 Å². The predicted octanol–water partition coefficient (Wildman–Crippen LogP) is 1.76. The minimum absolute atomic E-state index is 0.173. The number of hydrogen-bond donors (Lipinski definition) is 2. The van der Waals surface area contributed by atoms with Gasteiger partial charge in [0.05, 0.1) is 4.90 Å². The highest BCUT2D eigenvalue weighted by atomic mass is 32.2. The summed E-state index contributed by atoms with van der Waals surface area (Å²) in [5.41, 5.74) is 8.90. The van der Waals surface area contributed by atoms with Gasteiger partial charge < -0.3 is 5.73 Å². The van der Waals surface area contributed by atoms with Gasteiger partial charge in [0.2, 0.25) is 10.0 Å². The SMILES string of the molecule is Cc1ccc(S(=O)(=O)NCc2ccncc2C)cc1N. The summed E-state index contributed by atoms with van der Waals surface area (Å²) in [6.45, 7) is 3.95. The lowest BCUT2D eigenvalue weighted by atomic mass is 10.2. The van der Waals surface area contributed by atoms with Crippen molar-refractivity contribution < 1.29 is 8.42 Å². The maximum atomic E-state index is 12.2. The van der Waals surface area contributed by atoms with Crippen molar-refractivity contribution in [3.8, 4) is 0 Å². The molecule has 0 amide bonds. The van der Waals surface area contributed by atoms with E-state index < -0.39 is 10.0 Å². The van der Waals surface area contributed by atoms with Gasteiger partial charge in [0, 0.05) is 24.6 Å². The second-order valence-corrected chi connectivity index (χ2v) is 6.41. The average Bonchev–Trinajstić information content (AvgIpc) is 2.41. The number of nitrogens with two attached hydrogens (primary N) is 1. The second-order valence-electron chi connectivity index (χ2n) is 4.65. The molecule has 0 radical (unpaired) electrons. The van der Waals surface area contributed by atoms with Crippen molar-refractivity contribution in [2.24, 2.45) is 0 Å². The van der Waals surface area contributed by atoms with Crippen LogP contribution in [0.25, 0.3) is 0 Å². The van der Waals surface area contributed by atoms with E-state index in [-0.39, 0.29) is 11.4 Å². The number of anilines is 1. The van der Waals surface area contributed by atoms with E-state index in [2.05, 4.69) is 9.71 Å².